The van der Waals surface area contributed by atoms with Crippen LogP contribution >= 0.6 is 11.3 Å². The Bertz CT molecular complexity index is 468. The average Bonchev–Trinajstić information content (AvgIpc) is 2.65. The number of nitrogens with two attached hydrogens (primary N) is 1. The molecule has 2 nitrogen and oxygen atoms in total. The second-order valence-electron chi connectivity index (χ2n) is 2.99. The minimum atomic E-state index is -2.45. The van der Waals surface area contributed by atoms with Crippen molar-refractivity contribution in [1.82, 2.24) is 4.98 Å². The number of halogens is 2. The first-order valence-corrected chi connectivity index (χ1v) is 5.08. The molecule has 0 amide bonds. The highest BCUT2D eigenvalue weighted by atomic mass is 32.1. The topological polar surface area (TPSA) is 38.9 Å². The summed E-state index contributed by atoms with van der Waals surface area (Å²) in [6, 6.07) is 6.22. The molecule has 0 bridgehead atoms. The maximum absolute atomic E-state index is 12.4. The highest BCUT2D eigenvalue weighted by Gasteiger charge is 2.09. The molecule has 15 heavy (non-hydrogen) atoms. The Kier molecular flexibility index (Phi) is 2.64. The predicted molar refractivity (Wildman–Crippen MR) is 56.9 cm³/mol. The molecular formula is C10H8F2N2S. The van der Waals surface area contributed by atoms with Gasteiger partial charge in [0.1, 0.15) is 0 Å². The second-order valence-corrected chi connectivity index (χ2v) is 4.05. The van der Waals surface area contributed by atoms with Gasteiger partial charge in [-0.1, -0.05) is 29.5 Å². The largest absolute Gasteiger partial charge is 0.375 e. The van der Waals surface area contributed by atoms with E-state index in [9.17, 15) is 8.78 Å². The highest BCUT2D eigenvalue weighted by molar-refractivity contribution is 7.18. The summed E-state index contributed by atoms with van der Waals surface area (Å²) in [5.41, 5.74) is 6.21. The fourth-order valence-electron chi connectivity index (χ4n) is 1.25. The summed E-state index contributed by atoms with van der Waals surface area (Å²) in [5.74, 6) is 0. The van der Waals surface area contributed by atoms with Crippen LogP contribution in [0.2, 0.25) is 0 Å². The van der Waals surface area contributed by atoms with Gasteiger partial charge in [-0.3, -0.25) is 0 Å². The van der Waals surface area contributed by atoms with Gasteiger partial charge in [-0.2, -0.15) is 0 Å². The summed E-state index contributed by atoms with van der Waals surface area (Å²) in [6.07, 6.45) is -0.861. The number of thiazole rings is 1. The number of aromatic nitrogens is 1. The fraction of sp³-hybridized carbons (Fsp3) is 0.100. The van der Waals surface area contributed by atoms with Crippen LogP contribution in [-0.2, 0) is 0 Å². The van der Waals surface area contributed by atoms with Crippen molar-refractivity contribution in [1.29, 1.82) is 0 Å². The van der Waals surface area contributed by atoms with Crippen LogP contribution < -0.4 is 5.73 Å². The van der Waals surface area contributed by atoms with E-state index in [0.717, 1.165) is 10.4 Å². The Morgan fingerprint density at radius 3 is 2.73 bits per heavy atom. The lowest BCUT2D eigenvalue weighted by molar-refractivity contribution is 0.151. The number of alkyl halides is 2. The third-order valence-electron chi connectivity index (χ3n) is 1.95. The van der Waals surface area contributed by atoms with Crippen LogP contribution in [0.1, 0.15) is 12.0 Å². The maximum Gasteiger partial charge on any atom is 0.263 e. The van der Waals surface area contributed by atoms with Crippen molar-refractivity contribution < 1.29 is 8.78 Å². The van der Waals surface area contributed by atoms with Crippen LogP contribution in [0.4, 0.5) is 13.9 Å². The van der Waals surface area contributed by atoms with E-state index in [1.807, 2.05) is 0 Å². The number of benzene rings is 1. The summed E-state index contributed by atoms with van der Waals surface area (Å²) in [6.45, 7) is 0. The maximum atomic E-state index is 12.4. The van der Waals surface area contributed by atoms with Crippen LogP contribution in [0.5, 0.6) is 0 Å². The Hall–Kier alpha value is -1.49. The van der Waals surface area contributed by atoms with Crippen LogP contribution in [0, 0.1) is 0 Å². The van der Waals surface area contributed by atoms with E-state index in [0.29, 0.717) is 5.13 Å². The molecule has 0 aliphatic heterocycles. The van der Waals surface area contributed by atoms with Gasteiger partial charge in [-0.15, -0.1) is 0 Å². The van der Waals surface area contributed by atoms with E-state index in [1.165, 1.54) is 23.5 Å². The van der Waals surface area contributed by atoms with Gasteiger partial charge in [-0.05, 0) is 11.6 Å². The van der Waals surface area contributed by atoms with E-state index in [1.54, 1.807) is 18.3 Å². The molecule has 0 saturated heterocycles. The van der Waals surface area contributed by atoms with Crippen LogP contribution in [0.3, 0.4) is 0 Å². The van der Waals surface area contributed by atoms with Crippen LogP contribution in [0.15, 0.2) is 30.5 Å². The molecule has 0 fully saturated rings. The summed E-state index contributed by atoms with van der Waals surface area (Å²) in [5, 5.41) is 0.437. The first-order chi connectivity index (χ1) is 7.16. The van der Waals surface area contributed by atoms with Gasteiger partial charge in [-0.25, -0.2) is 13.8 Å². The summed E-state index contributed by atoms with van der Waals surface area (Å²) in [4.78, 5) is 4.68. The summed E-state index contributed by atoms with van der Waals surface area (Å²) >= 11 is 1.28. The van der Waals surface area contributed by atoms with Crippen molar-refractivity contribution in [2.75, 3.05) is 5.73 Å². The monoisotopic (exact) mass is 226 g/mol. The van der Waals surface area contributed by atoms with Gasteiger partial charge in [0, 0.05) is 11.8 Å². The molecule has 2 aromatic rings. The molecule has 0 atom stereocenters. The Morgan fingerprint density at radius 2 is 2.13 bits per heavy atom. The van der Waals surface area contributed by atoms with Crippen molar-refractivity contribution in [3.63, 3.8) is 0 Å². The second kappa shape index (κ2) is 3.94. The predicted octanol–water partition coefficient (Wildman–Crippen LogP) is 3.33. The van der Waals surface area contributed by atoms with E-state index >= 15 is 0 Å². The molecule has 1 heterocycles. The molecule has 0 aliphatic carbocycles. The van der Waals surface area contributed by atoms with E-state index in [4.69, 9.17) is 5.73 Å². The highest BCUT2D eigenvalue weighted by Crippen LogP contribution is 2.30. The lowest BCUT2D eigenvalue weighted by atomic mass is 10.1. The van der Waals surface area contributed by atoms with E-state index < -0.39 is 6.43 Å². The van der Waals surface area contributed by atoms with Crippen molar-refractivity contribution >= 4 is 16.5 Å². The summed E-state index contributed by atoms with van der Waals surface area (Å²) in [7, 11) is 0. The smallest absolute Gasteiger partial charge is 0.263 e. The zero-order chi connectivity index (χ0) is 10.8. The standard InChI is InChI=1S/C10H8F2N2S/c11-9(12)7-3-1-2-6(4-7)8-5-14-10(13)15-8/h1-5,9H,(H2,13,14). The molecular weight excluding hydrogens is 218 g/mol. The molecule has 0 unspecified atom stereocenters. The molecule has 78 valence electrons. The molecule has 0 radical (unpaired) electrons. The lowest BCUT2D eigenvalue weighted by Crippen LogP contribution is -1.83. The molecule has 1 aromatic heterocycles. The Labute approximate surface area is 89.4 Å². The van der Waals surface area contributed by atoms with Gasteiger partial charge in [0.2, 0.25) is 0 Å². The average molecular weight is 226 g/mol. The van der Waals surface area contributed by atoms with Gasteiger partial charge < -0.3 is 5.73 Å². The molecule has 2 N–H and O–H groups in total. The minimum absolute atomic E-state index is 0.0134. The third-order valence-corrected chi connectivity index (χ3v) is 2.82. The number of hydrogen-bond acceptors (Lipinski definition) is 3. The van der Waals surface area contributed by atoms with E-state index in [2.05, 4.69) is 4.98 Å². The number of anilines is 1. The first kappa shape index (κ1) is 10.0. The Balaban J connectivity index is 2.41. The van der Waals surface area contributed by atoms with E-state index in [-0.39, 0.29) is 5.56 Å². The summed E-state index contributed by atoms with van der Waals surface area (Å²) < 4.78 is 24.9. The van der Waals surface area contributed by atoms with Crippen molar-refractivity contribution in [2.45, 2.75) is 6.43 Å². The third kappa shape index (κ3) is 2.12. The molecule has 0 saturated carbocycles. The van der Waals surface area contributed by atoms with Crippen molar-refractivity contribution in [3.8, 4) is 10.4 Å². The molecule has 0 aliphatic rings. The number of nitrogens with zero attached hydrogens (tertiary/aromatic N) is 1. The van der Waals surface area contributed by atoms with Gasteiger partial charge in [0.05, 0.1) is 4.88 Å². The number of rotatable bonds is 2. The van der Waals surface area contributed by atoms with Gasteiger partial charge in [0.25, 0.3) is 6.43 Å². The molecule has 0 spiro atoms. The lowest BCUT2D eigenvalue weighted by Gasteiger charge is -2.01. The number of nitrogen functional groups attached to an aromatic ring is 1. The van der Waals surface area contributed by atoms with Crippen LogP contribution in [-0.4, -0.2) is 4.98 Å². The SMILES string of the molecule is Nc1ncc(-c2cccc(C(F)F)c2)s1. The van der Waals surface area contributed by atoms with Crippen molar-refractivity contribution in [2.24, 2.45) is 0 Å². The Morgan fingerprint density at radius 1 is 1.33 bits per heavy atom. The molecule has 1 aromatic carbocycles. The van der Waals surface area contributed by atoms with Gasteiger partial charge in [0.15, 0.2) is 5.13 Å². The zero-order valence-electron chi connectivity index (χ0n) is 7.65. The first-order valence-electron chi connectivity index (χ1n) is 4.26. The minimum Gasteiger partial charge on any atom is -0.375 e. The quantitative estimate of drug-likeness (QED) is 0.853. The number of hydrogen-bond donors (Lipinski definition) is 1. The van der Waals surface area contributed by atoms with Crippen molar-refractivity contribution in [3.05, 3.63) is 36.0 Å². The van der Waals surface area contributed by atoms with Crippen LogP contribution in [0.25, 0.3) is 10.4 Å². The fourth-order valence-corrected chi connectivity index (χ4v) is 1.93. The normalized spacial score (nSPS) is 10.9. The molecule has 5 heteroatoms. The zero-order valence-corrected chi connectivity index (χ0v) is 8.47. The van der Waals surface area contributed by atoms with Gasteiger partial charge >= 0.3 is 0 Å². The molecule has 2 rings (SSSR count).